The van der Waals surface area contributed by atoms with Crippen molar-refractivity contribution < 1.29 is 37.1 Å². The monoisotopic (exact) mass is 1110 g/mol. The normalized spacial score (nSPS) is 11.1. The molecule has 0 bridgehead atoms. The number of benzene rings is 4. The average Bonchev–Trinajstić information content (AvgIpc) is 3.64. The topological polar surface area (TPSA) is 185 Å². The minimum absolute atomic E-state index is 0. The van der Waals surface area contributed by atoms with E-state index in [0.29, 0.717) is 33.5 Å². The zero-order valence-corrected chi connectivity index (χ0v) is 39.8. The van der Waals surface area contributed by atoms with Crippen LogP contribution in [0.25, 0.3) is 33.2 Å². The van der Waals surface area contributed by atoms with Gasteiger partial charge in [0.25, 0.3) is 20.0 Å². The summed E-state index contributed by atoms with van der Waals surface area (Å²) >= 11 is 8.96. The van der Waals surface area contributed by atoms with Crippen LogP contribution in [-0.2, 0) is 20.0 Å². The smallest absolute Gasteiger partial charge is 0.488 e. The lowest BCUT2D eigenvalue weighted by Gasteiger charge is -2.10. The zero-order chi connectivity index (χ0) is 43.7. The first kappa shape index (κ1) is 50.1. The molecule has 0 amide bonds. The maximum Gasteiger partial charge on any atom is 0.488 e. The van der Waals surface area contributed by atoms with Gasteiger partial charge in [-0.3, -0.25) is 0 Å². The maximum atomic E-state index is 13.4. The lowest BCUT2D eigenvalue weighted by molar-refractivity contribution is 0.425. The second-order valence-electron chi connectivity index (χ2n) is 13.6. The number of hydrogen-bond acceptors (Lipinski definition) is 10. The number of aromatic hydroxyl groups is 2. The second kappa shape index (κ2) is 20.3. The zero-order valence-electron chi connectivity index (χ0n) is 32.9. The van der Waals surface area contributed by atoms with E-state index in [1.54, 1.807) is 99.0 Å². The van der Waals surface area contributed by atoms with E-state index in [-0.39, 0.29) is 37.1 Å². The van der Waals surface area contributed by atoms with Crippen molar-refractivity contribution in [1.82, 2.24) is 17.9 Å². The number of aromatic nitrogens is 4. The molecular formula is C43H40B2Br2IN4O8S2. The fraction of sp³-hybridized carbons (Fsp3) is 0.116. The number of hydrogen-bond donors (Lipinski definition) is 4. The molecule has 3 radical (unpaired) electrons. The van der Waals surface area contributed by atoms with E-state index in [2.05, 4.69) is 64.4 Å². The highest BCUT2D eigenvalue weighted by molar-refractivity contribution is 14.1. The van der Waals surface area contributed by atoms with Gasteiger partial charge < -0.3 is 20.3 Å². The van der Waals surface area contributed by atoms with E-state index in [1.165, 1.54) is 32.2 Å². The van der Waals surface area contributed by atoms with Gasteiger partial charge in [0.15, 0.2) is 11.3 Å². The van der Waals surface area contributed by atoms with Crippen molar-refractivity contribution in [2.24, 2.45) is 0 Å². The van der Waals surface area contributed by atoms with Crippen LogP contribution in [0.2, 0.25) is 0 Å². The van der Waals surface area contributed by atoms with Crippen LogP contribution in [0.5, 0.6) is 11.5 Å². The summed E-state index contributed by atoms with van der Waals surface area (Å²) in [6.07, 6.45) is 3.20. The molecule has 62 heavy (non-hydrogen) atoms. The molecule has 4 heterocycles. The fourth-order valence-corrected chi connectivity index (χ4v) is 10.8. The predicted octanol–water partition coefficient (Wildman–Crippen LogP) is 8.61. The van der Waals surface area contributed by atoms with Crippen molar-refractivity contribution in [1.29, 1.82) is 0 Å². The summed E-state index contributed by atoms with van der Waals surface area (Å²) in [6.45, 7) is 7.40. The summed E-state index contributed by atoms with van der Waals surface area (Å²) in [5.41, 5.74) is 5.99. The number of rotatable bonds is 6. The van der Waals surface area contributed by atoms with Crippen LogP contribution in [0, 0.1) is 31.3 Å². The Morgan fingerprint density at radius 1 is 0.597 bits per heavy atom. The van der Waals surface area contributed by atoms with Gasteiger partial charge in [0, 0.05) is 61.0 Å². The number of phenols is 2. The Hall–Kier alpha value is -4.50. The Labute approximate surface area is 393 Å². The molecule has 0 aliphatic carbocycles. The number of halogens is 3. The summed E-state index contributed by atoms with van der Waals surface area (Å²) in [4.78, 5) is 9.18. The quantitative estimate of drug-likeness (QED) is 0.0929. The first-order valence-corrected chi connectivity index (χ1v) is 23.4. The Morgan fingerprint density at radius 3 is 1.42 bits per heavy atom. The summed E-state index contributed by atoms with van der Waals surface area (Å²) in [7, 11) is -8.96. The highest BCUT2D eigenvalue weighted by atomic mass is 127. The number of aryl methyl sites for hydroxylation is 2. The van der Waals surface area contributed by atoms with E-state index < -0.39 is 27.2 Å². The average molecular weight is 1110 g/mol. The minimum atomic E-state index is -3.83. The maximum absolute atomic E-state index is 13.4. The molecular weight excluding hydrogens is 1070 g/mol. The van der Waals surface area contributed by atoms with Crippen molar-refractivity contribution in [3.8, 4) is 22.6 Å². The third-order valence-electron chi connectivity index (χ3n) is 9.31. The summed E-state index contributed by atoms with van der Waals surface area (Å²) in [6, 6.07) is 29.7. The van der Waals surface area contributed by atoms with Gasteiger partial charge in [-0.2, -0.15) is 0 Å². The molecule has 8 rings (SSSR count). The van der Waals surface area contributed by atoms with E-state index in [0.717, 1.165) is 40.2 Å². The highest BCUT2D eigenvalue weighted by Crippen LogP contribution is 2.38. The van der Waals surface area contributed by atoms with Gasteiger partial charge in [-0.15, -0.1) is 0 Å². The van der Waals surface area contributed by atoms with Gasteiger partial charge in [0.1, 0.15) is 11.5 Å². The van der Waals surface area contributed by atoms with Crippen LogP contribution in [0.15, 0.2) is 140 Å². The van der Waals surface area contributed by atoms with Crippen LogP contribution in [0.1, 0.15) is 29.9 Å². The Balaban J connectivity index is 0.000000222. The third-order valence-corrected chi connectivity index (χ3v) is 15.1. The summed E-state index contributed by atoms with van der Waals surface area (Å²) < 4.78 is 57.9. The predicted molar refractivity (Wildman–Crippen MR) is 262 cm³/mol. The van der Waals surface area contributed by atoms with Gasteiger partial charge in [-0.25, -0.2) is 34.7 Å². The number of fused-ring (bicyclic) bond motifs is 2. The molecule has 8 aromatic rings. The molecule has 0 aliphatic rings. The first-order chi connectivity index (χ1) is 28.3. The van der Waals surface area contributed by atoms with Crippen LogP contribution in [0.3, 0.4) is 0 Å². The molecule has 4 N–H and O–H groups in total. The molecule has 4 aromatic carbocycles. The number of pyridine rings is 2. The van der Waals surface area contributed by atoms with Crippen molar-refractivity contribution >= 4 is 118 Å². The molecule has 19 heteroatoms. The van der Waals surface area contributed by atoms with Crippen molar-refractivity contribution in [3.05, 3.63) is 157 Å². The molecule has 4 aromatic heterocycles. The molecule has 0 saturated carbocycles. The van der Waals surface area contributed by atoms with Crippen LogP contribution >= 0.6 is 54.5 Å². The molecule has 12 nitrogen and oxygen atoms in total. The number of phenolic OH excluding ortho intramolecular Hbond substituents is 2. The molecule has 319 valence electrons. The van der Waals surface area contributed by atoms with E-state index in [9.17, 15) is 21.9 Å². The molecule has 0 unspecified atom stereocenters. The largest absolute Gasteiger partial charge is 0.508 e. The molecule has 0 spiro atoms. The second-order valence-corrected chi connectivity index (χ2v) is 20.1. The summed E-state index contributed by atoms with van der Waals surface area (Å²) in [5, 5.41) is 37.1. The molecule has 0 fully saturated rings. The first-order valence-electron chi connectivity index (χ1n) is 17.9. The lowest BCUT2D eigenvalue weighted by atomic mass is 9.80. The minimum Gasteiger partial charge on any atom is -0.508 e. The van der Waals surface area contributed by atoms with Crippen molar-refractivity contribution in [2.75, 3.05) is 0 Å². The van der Waals surface area contributed by atoms with Crippen molar-refractivity contribution in [3.63, 3.8) is 0 Å². The van der Waals surface area contributed by atoms with E-state index in [1.807, 2.05) is 26.0 Å². The molecule has 0 aliphatic heterocycles. The van der Waals surface area contributed by atoms with Gasteiger partial charge in [0.2, 0.25) is 0 Å². The highest BCUT2D eigenvalue weighted by Gasteiger charge is 2.27. The molecule has 0 atom stereocenters. The van der Waals surface area contributed by atoms with E-state index >= 15 is 0 Å². The number of nitrogens with zero attached hydrogens (tertiary/aromatic N) is 4. The SMILES string of the molecule is C.Cc1ccc(S(=O)(=O)n2c(C)c(-c3ccc(O)cc3)c3cc(Br)cnc32)cc1.Cc1ccc(S(=O)(=O)n2c(C)c(I)c3cc(Br)cnc32)cc1.OB(O)c1ccc(O)cc1.[B]. The standard InChI is InChI=1S/C21H17BrN2O3S.C15H12BrIN2O2S.C6H7BO3.CH4.B/c1-13-3-9-18(10-4-13)28(26,27)24-14(2)20(15-5-7-17(25)8-6-15)19-11-16(22)12-23-21(19)24;1-9-3-5-12(6-4-9)22(20,21)19-10(2)14(17)13-7-11(16)8-18-15(13)19;8-6-3-1-5(2-4-6)7(9)10;;/h3-12,25H,1-2H3;3-8H,1-2H3;1-4,8-10H;1H4;. The fourth-order valence-electron chi connectivity index (χ4n) is 6.29. The van der Waals surface area contributed by atoms with Gasteiger partial charge >= 0.3 is 7.12 Å². The van der Waals surface area contributed by atoms with Crippen LogP contribution < -0.4 is 5.46 Å². The Kier molecular flexibility index (Phi) is 16.5. The molecule has 0 saturated heterocycles. The lowest BCUT2D eigenvalue weighted by Crippen LogP contribution is -2.29. The van der Waals surface area contributed by atoms with Crippen LogP contribution in [0.4, 0.5) is 0 Å². The van der Waals surface area contributed by atoms with Crippen molar-refractivity contribution in [2.45, 2.75) is 44.9 Å². The summed E-state index contributed by atoms with van der Waals surface area (Å²) in [5.74, 6) is 0.265. The van der Waals surface area contributed by atoms with Crippen LogP contribution in [-0.4, -0.2) is 70.5 Å². The Bertz CT molecular complexity index is 3080. The van der Waals surface area contributed by atoms with Gasteiger partial charge in [-0.1, -0.05) is 67.1 Å². The van der Waals surface area contributed by atoms with E-state index in [4.69, 9.17) is 15.2 Å². The van der Waals surface area contributed by atoms with Gasteiger partial charge in [-0.05, 0) is 154 Å². The Morgan fingerprint density at radius 2 is 0.984 bits per heavy atom. The van der Waals surface area contributed by atoms with Gasteiger partial charge in [0.05, 0.1) is 9.79 Å². The third kappa shape index (κ3) is 10.5.